The maximum Gasteiger partial charge on any atom is 0.282 e. The van der Waals surface area contributed by atoms with Gasteiger partial charge in [0.05, 0.1) is 0 Å². The van der Waals surface area contributed by atoms with Crippen molar-refractivity contribution in [1.82, 2.24) is 15.5 Å². The van der Waals surface area contributed by atoms with Crippen molar-refractivity contribution in [3.63, 3.8) is 0 Å². The number of nitrogens with one attached hydrogen (secondary N) is 2. The molecule has 0 atom stereocenters. The SMILES string of the molecule is CCCNc1nnc(C(=O)NCC2C(C)(C)C2(C)C)s1. The average Bonchev–Trinajstić information content (AvgIpc) is 2.76. The molecule has 1 amide bonds. The highest BCUT2D eigenvalue weighted by Crippen LogP contribution is 2.67. The summed E-state index contributed by atoms with van der Waals surface area (Å²) in [5.74, 6) is 0.398. The molecule has 20 heavy (non-hydrogen) atoms. The van der Waals surface area contributed by atoms with Gasteiger partial charge in [-0.25, -0.2) is 0 Å². The molecule has 1 aromatic rings. The first-order valence-corrected chi connectivity index (χ1v) is 7.98. The summed E-state index contributed by atoms with van der Waals surface area (Å²) in [4.78, 5) is 12.1. The van der Waals surface area contributed by atoms with E-state index in [2.05, 4.69) is 55.4 Å². The molecule has 0 bridgehead atoms. The Morgan fingerprint density at radius 1 is 1.25 bits per heavy atom. The quantitative estimate of drug-likeness (QED) is 0.847. The third kappa shape index (κ3) is 2.66. The third-order valence-electron chi connectivity index (χ3n) is 4.93. The van der Waals surface area contributed by atoms with Gasteiger partial charge in [-0.1, -0.05) is 46.0 Å². The lowest BCUT2D eigenvalue weighted by Crippen LogP contribution is -2.27. The Morgan fingerprint density at radius 2 is 1.90 bits per heavy atom. The second kappa shape index (κ2) is 5.31. The second-order valence-corrected chi connectivity index (χ2v) is 7.52. The summed E-state index contributed by atoms with van der Waals surface area (Å²) in [6.45, 7) is 12.6. The number of anilines is 1. The van der Waals surface area contributed by atoms with Gasteiger partial charge in [-0.05, 0) is 23.2 Å². The molecule has 1 heterocycles. The van der Waals surface area contributed by atoms with E-state index in [1.165, 1.54) is 11.3 Å². The first-order valence-electron chi connectivity index (χ1n) is 7.16. The van der Waals surface area contributed by atoms with E-state index in [9.17, 15) is 4.79 Å². The van der Waals surface area contributed by atoms with E-state index in [4.69, 9.17) is 0 Å². The highest BCUT2D eigenvalue weighted by molar-refractivity contribution is 7.17. The topological polar surface area (TPSA) is 66.9 Å². The fraction of sp³-hybridized carbons (Fsp3) is 0.786. The van der Waals surface area contributed by atoms with Gasteiger partial charge in [0.25, 0.3) is 5.91 Å². The van der Waals surface area contributed by atoms with Crippen LogP contribution >= 0.6 is 11.3 Å². The number of carbonyl (C=O) groups is 1. The van der Waals surface area contributed by atoms with Gasteiger partial charge in [0.15, 0.2) is 0 Å². The van der Waals surface area contributed by atoms with E-state index >= 15 is 0 Å². The van der Waals surface area contributed by atoms with E-state index in [0.717, 1.165) is 13.0 Å². The molecule has 112 valence electrons. The molecule has 6 heteroatoms. The molecule has 0 aliphatic heterocycles. The van der Waals surface area contributed by atoms with Crippen LogP contribution in [-0.4, -0.2) is 29.2 Å². The normalized spacial score (nSPS) is 19.6. The van der Waals surface area contributed by atoms with E-state index in [1.54, 1.807) is 0 Å². The van der Waals surface area contributed by atoms with Gasteiger partial charge in [0.1, 0.15) is 0 Å². The van der Waals surface area contributed by atoms with Crippen LogP contribution in [0.1, 0.15) is 50.8 Å². The molecule has 0 aromatic carbocycles. The molecule has 1 aromatic heterocycles. The maximum atomic E-state index is 12.1. The minimum absolute atomic E-state index is 0.120. The molecule has 0 saturated heterocycles. The molecular formula is C14H24N4OS. The molecule has 1 aliphatic rings. The summed E-state index contributed by atoms with van der Waals surface area (Å²) >= 11 is 1.31. The number of carbonyl (C=O) groups excluding carboxylic acids is 1. The molecule has 2 rings (SSSR count). The van der Waals surface area contributed by atoms with Crippen LogP contribution in [0.5, 0.6) is 0 Å². The standard InChI is InChI=1S/C14H24N4OS/c1-6-7-15-12-18-17-11(20-12)10(19)16-8-9-13(2,3)14(9,4)5/h9H,6-8H2,1-5H3,(H,15,18)(H,16,19). The third-order valence-corrected chi connectivity index (χ3v) is 5.81. The molecule has 1 aliphatic carbocycles. The summed E-state index contributed by atoms with van der Waals surface area (Å²) in [5.41, 5.74) is 0.574. The minimum Gasteiger partial charge on any atom is -0.360 e. The van der Waals surface area contributed by atoms with Gasteiger partial charge in [0.2, 0.25) is 10.1 Å². The number of aromatic nitrogens is 2. The predicted octanol–water partition coefficient (Wildman–Crippen LogP) is 2.77. The Morgan fingerprint density at radius 3 is 2.45 bits per heavy atom. The Kier molecular flexibility index (Phi) is 4.04. The van der Waals surface area contributed by atoms with Crippen molar-refractivity contribution in [2.24, 2.45) is 16.7 Å². The lowest BCUT2D eigenvalue weighted by molar-refractivity contribution is 0.0949. The zero-order valence-electron chi connectivity index (χ0n) is 12.9. The van der Waals surface area contributed by atoms with Crippen LogP contribution in [0.2, 0.25) is 0 Å². The summed E-state index contributed by atoms with van der Waals surface area (Å²) in [7, 11) is 0. The fourth-order valence-corrected chi connectivity index (χ4v) is 3.42. The van der Waals surface area contributed by atoms with Crippen molar-refractivity contribution in [3.8, 4) is 0 Å². The van der Waals surface area contributed by atoms with E-state index in [-0.39, 0.29) is 16.7 Å². The van der Waals surface area contributed by atoms with Crippen molar-refractivity contribution in [1.29, 1.82) is 0 Å². The molecule has 0 spiro atoms. The van der Waals surface area contributed by atoms with Crippen LogP contribution < -0.4 is 10.6 Å². The number of rotatable bonds is 6. The highest BCUT2D eigenvalue weighted by Gasteiger charge is 2.64. The Hall–Kier alpha value is -1.17. The number of hydrogen-bond donors (Lipinski definition) is 2. The monoisotopic (exact) mass is 296 g/mol. The smallest absolute Gasteiger partial charge is 0.282 e. The van der Waals surface area contributed by atoms with Crippen LogP contribution in [0.15, 0.2) is 0 Å². The van der Waals surface area contributed by atoms with Gasteiger partial charge in [-0.2, -0.15) is 0 Å². The second-order valence-electron chi connectivity index (χ2n) is 6.55. The molecule has 1 saturated carbocycles. The van der Waals surface area contributed by atoms with E-state index in [0.29, 0.717) is 22.6 Å². The summed E-state index contributed by atoms with van der Waals surface area (Å²) < 4.78 is 0. The first-order chi connectivity index (χ1) is 9.30. The first kappa shape index (κ1) is 15.2. The maximum absolute atomic E-state index is 12.1. The van der Waals surface area contributed by atoms with Gasteiger partial charge >= 0.3 is 0 Å². The van der Waals surface area contributed by atoms with Crippen molar-refractivity contribution in [3.05, 3.63) is 5.01 Å². The number of nitrogens with zero attached hydrogens (tertiary/aromatic N) is 2. The zero-order valence-corrected chi connectivity index (χ0v) is 13.7. The highest BCUT2D eigenvalue weighted by atomic mass is 32.1. The summed E-state index contributed by atoms with van der Waals surface area (Å²) in [6, 6.07) is 0. The van der Waals surface area contributed by atoms with Crippen LogP contribution in [0, 0.1) is 16.7 Å². The fourth-order valence-electron chi connectivity index (χ4n) is 2.73. The Balaban J connectivity index is 1.85. The molecular weight excluding hydrogens is 272 g/mol. The van der Waals surface area contributed by atoms with Crippen LogP contribution in [0.3, 0.4) is 0 Å². The van der Waals surface area contributed by atoms with Crippen LogP contribution in [-0.2, 0) is 0 Å². The molecule has 0 unspecified atom stereocenters. The van der Waals surface area contributed by atoms with Crippen molar-refractivity contribution < 1.29 is 4.79 Å². The van der Waals surface area contributed by atoms with Crippen molar-refractivity contribution in [2.75, 3.05) is 18.4 Å². The van der Waals surface area contributed by atoms with Crippen LogP contribution in [0.4, 0.5) is 5.13 Å². The summed E-state index contributed by atoms with van der Waals surface area (Å²) in [6.07, 6.45) is 1.02. The number of amides is 1. The van der Waals surface area contributed by atoms with Gasteiger partial charge in [0, 0.05) is 13.1 Å². The molecule has 2 N–H and O–H groups in total. The zero-order chi connectivity index (χ0) is 15.0. The summed E-state index contributed by atoms with van der Waals surface area (Å²) in [5, 5.41) is 15.2. The molecule has 5 nitrogen and oxygen atoms in total. The number of hydrogen-bond acceptors (Lipinski definition) is 5. The van der Waals surface area contributed by atoms with Crippen molar-refractivity contribution in [2.45, 2.75) is 41.0 Å². The van der Waals surface area contributed by atoms with Crippen LogP contribution in [0.25, 0.3) is 0 Å². The van der Waals surface area contributed by atoms with Gasteiger partial charge in [-0.15, -0.1) is 10.2 Å². The van der Waals surface area contributed by atoms with E-state index < -0.39 is 0 Å². The Bertz CT molecular complexity index is 481. The molecule has 1 fully saturated rings. The lowest BCUT2D eigenvalue weighted by Gasteiger charge is -2.04. The minimum atomic E-state index is -0.120. The lowest BCUT2D eigenvalue weighted by atomic mass is 10.0. The molecule has 0 radical (unpaired) electrons. The van der Waals surface area contributed by atoms with Gasteiger partial charge < -0.3 is 10.6 Å². The largest absolute Gasteiger partial charge is 0.360 e. The van der Waals surface area contributed by atoms with E-state index in [1.807, 2.05) is 0 Å². The average molecular weight is 296 g/mol. The predicted molar refractivity (Wildman–Crippen MR) is 82.1 cm³/mol. The van der Waals surface area contributed by atoms with Crippen molar-refractivity contribution >= 4 is 22.4 Å². The van der Waals surface area contributed by atoms with Gasteiger partial charge in [-0.3, -0.25) is 4.79 Å². The Labute approximate surface area is 124 Å².